The van der Waals surface area contributed by atoms with Crippen molar-refractivity contribution < 1.29 is 4.79 Å². The van der Waals surface area contributed by atoms with Crippen LogP contribution < -0.4 is 5.32 Å². The van der Waals surface area contributed by atoms with Crippen LogP contribution in [0, 0.1) is 0 Å². The van der Waals surface area contributed by atoms with Gasteiger partial charge < -0.3 is 5.32 Å². The highest BCUT2D eigenvalue weighted by Crippen LogP contribution is 1.97. The Labute approximate surface area is 72.0 Å². The molecule has 0 aromatic rings. The Morgan fingerprint density at radius 3 is 2.58 bits per heavy atom. The van der Waals surface area contributed by atoms with E-state index in [1.54, 1.807) is 0 Å². The second-order valence-electron chi connectivity index (χ2n) is 2.43. The number of amides is 1. The van der Waals surface area contributed by atoms with Crippen molar-refractivity contribution in [3.8, 4) is 0 Å². The molecule has 0 heterocycles. The van der Waals surface area contributed by atoms with E-state index in [4.69, 9.17) is 0 Å². The average molecular weight is 161 g/mol. The summed E-state index contributed by atoms with van der Waals surface area (Å²) in [6.07, 6.45) is 13.2. The fourth-order valence-electron chi connectivity index (χ4n) is 0.853. The molecule has 1 rings (SSSR count). The highest BCUT2D eigenvalue weighted by atomic mass is 16.1. The normalized spacial score (nSPS) is 20.2. The van der Waals surface area contributed by atoms with E-state index in [1.165, 1.54) is 6.92 Å². The van der Waals surface area contributed by atoms with E-state index in [-0.39, 0.29) is 5.91 Å². The smallest absolute Gasteiger partial charge is 0.221 e. The predicted octanol–water partition coefficient (Wildman–Crippen LogP) is 1.69. The molecule has 0 saturated carbocycles. The molecule has 12 heavy (non-hydrogen) atoms. The summed E-state index contributed by atoms with van der Waals surface area (Å²) in [4.78, 5) is 10.7. The molecule has 1 N–H and O–H groups in total. The predicted molar refractivity (Wildman–Crippen MR) is 49.3 cm³/mol. The molecule has 0 aliphatic heterocycles. The number of allylic oxidation sites excluding steroid dienone is 7. The first-order valence-electron chi connectivity index (χ1n) is 3.78. The molecular formula is C10H11NO. The molecule has 2 heteroatoms. The van der Waals surface area contributed by atoms with E-state index in [9.17, 15) is 4.79 Å². The van der Waals surface area contributed by atoms with Gasteiger partial charge >= 0.3 is 0 Å². The third-order valence-electron chi connectivity index (χ3n) is 1.32. The topological polar surface area (TPSA) is 29.1 Å². The Hall–Kier alpha value is -1.57. The summed E-state index contributed by atoms with van der Waals surface area (Å²) in [5, 5.41) is 2.70. The van der Waals surface area contributed by atoms with Gasteiger partial charge in [-0.25, -0.2) is 0 Å². The van der Waals surface area contributed by atoms with Crippen LogP contribution in [0.15, 0.2) is 48.2 Å². The first-order chi connectivity index (χ1) is 5.79. The van der Waals surface area contributed by atoms with Crippen molar-refractivity contribution in [3.63, 3.8) is 0 Å². The zero-order valence-electron chi connectivity index (χ0n) is 6.95. The second-order valence-corrected chi connectivity index (χ2v) is 2.43. The van der Waals surface area contributed by atoms with E-state index >= 15 is 0 Å². The van der Waals surface area contributed by atoms with Gasteiger partial charge in [-0.15, -0.1) is 0 Å². The standard InChI is InChI=1S/C10H11NO/c1-9(12)11-10-7-5-3-2-4-6-8-10/h2-8H,1H3,(H,11,12)/b3-2-,4-2?,5-3?,6-4-,7-5?,8-6?,10-7?,10-8?. The second kappa shape index (κ2) is 4.34. The van der Waals surface area contributed by atoms with Crippen LogP contribution in [0.1, 0.15) is 6.92 Å². The average Bonchev–Trinajstić information content (AvgIpc) is 1.93. The summed E-state index contributed by atoms with van der Waals surface area (Å²) in [5.41, 5.74) is 0.808. The molecule has 0 bridgehead atoms. The summed E-state index contributed by atoms with van der Waals surface area (Å²) in [7, 11) is 0. The van der Waals surface area contributed by atoms with Crippen molar-refractivity contribution >= 4 is 5.91 Å². The molecule has 0 radical (unpaired) electrons. The summed E-state index contributed by atoms with van der Waals surface area (Å²) >= 11 is 0. The number of nitrogens with one attached hydrogen (secondary N) is 1. The summed E-state index contributed by atoms with van der Waals surface area (Å²) in [6, 6.07) is 0. The lowest BCUT2D eigenvalue weighted by atomic mass is 10.2. The third-order valence-corrected chi connectivity index (χ3v) is 1.32. The first-order valence-corrected chi connectivity index (χ1v) is 3.78. The molecule has 0 unspecified atom stereocenters. The fourth-order valence-corrected chi connectivity index (χ4v) is 0.853. The number of carbonyl (C=O) groups excluding carboxylic acids is 1. The molecule has 62 valence electrons. The monoisotopic (exact) mass is 161 g/mol. The van der Waals surface area contributed by atoms with Gasteiger partial charge in [-0.05, 0) is 12.2 Å². The van der Waals surface area contributed by atoms with Gasteiger partial charge in [0.25, 0.3) is 0 Å². The minimum absolute atomic E-state index is 0.0520. The maximum atomic E-state index is 10.7. The van der Waals surface area contributed by atoms with Crippen LogP contribution in [0.25, 0.3) is 0 Å². The summed E-state index contributed by atoms with van der Waals surface area (Å²) in [6.45, 7) is 1.49. The molecule has 1 aliphatic carbocycles. The molecule has 2 nitrogen and oxygen atoms in total. The van der Waals surface area contributed by atoms with Crippen LogP contribution in [0.5, 0.6) is 0 Å². The molecule has 0 saturated heterocycles. The van der Waals surface area contributed by atoms with Crippen molar-refractivity contribution in [2.24, 2.45) is 0 Å². The van der Waals surface area contributed by atoms with Gasteiger partial charge in [0.05, 0.1) is 0 Å². The summed E-state index contributed by atoms with van der Waals surface area (Å²) in [5.74, 6) is -0.0520. The van der Waals surface area contributed by atoms with Crippen molar-refractivity contribution in [2.75, 3.05) is 0 Å². The van der Waals surface area contributed by atoms with Crippen LogP contribution in [0.3, 0.4) is 0 Å². The van der Waals surface area contributed by atoms with Crippen LogP contribution in [0.4, 0.5) is 0 Å². The highest BCUT2D eigenvalue weighted by Gasteiger charge is 1.92. The maximum Gasteiger partial charge on any atom is 0.221 e. The molecule has 0 aromatic carbocycles. The van der Waals surface area contributed by atoms with Gasteiger partial charge in [-0.2, -0.15) is 0 Å². The molecule has 1 aliphatic rings. The molecule has 0 fully saturated rings. The molecule has 0 aromatic heterocycles. The molecule has 0 spiro atoms. The van der Waals surface area contributed by atoms with Gasteiger partial charge in [0, 0.05) is 12.6 Å². The maximum absolute atomic E-state index is 10.7. The minimum Gasteiger partial charge on any atom is -0.326 e. The molecule has 1 amide bonds. The van der Waals surface area contributed by atoms with Crippen molar-refractivity contribution in [1.29, 1.82) is 0 Å². The number of hydrogen-bond acceptors (Lipinski definition) is 1. The van der Waals surface area contributed by atoms with E-state index in [1.807, 2.05) is 42.5 Å². The Balaban J connectivity index is 2.69. The largest absolute Gasteiger partial charge is 0.326 e. The van der Waals surface area contributed by atoms with E-state index in [0.29, 0.717) is 0 Å². The zero-order valence-corrected chi connectivity index (χ0v) is 6.95. The SMILES string of the molecule is CC(=O)NC1=C/C=C\C=C/C=C1. The fraction of sp³-hybridized carbons (Fsp3) is 0.100. The summed E-state index contributed by atoms with van der Waals surface area (Å²) < 4.78 is 0. The number of hydrogen-bond donors (Lipinski definition) is 1. The van der Waals surface area contributed by atoms with Crippen LogP contribution >= 0.6 is 0 Å². The number of carbonyl (C=O) groups is 1. The lowest BCUT2D eigenvalue weighted by Gasteiger charge is -2.00. The Kier molecular flexibility index (Phi) is 3.08. The quantitative estimate of drug-likeness (QED) is 0.623. The van der Waals surface area contributed by atoms with Crippen LogP contribution in [0.2, 0.25) is 0 Å². The molecule has 0 atom stereocenters. The first kappa shape index (κ1) is 8.53. The van der Waals surface area contributed by atoms with E-state index in [0.717, 1.165) is 5.70 Å². The van der Waals surface area contributed by atoms with Crippen molar-refractivity contribution in [2.45, 2.75) is 6.92 Å². The Morgan fingerprint density at radius 1 is 1.17 bits per heavy atom. The van der Waals surface area contributed by atoms with Crippen LogP contribution in [-0.2, 0) is 4.79 Å². The van der Waals surface area contributed by atoms with Gasteiger partial charge in [0.1, 0.15) is 0 Å². The highest BCUT2D eigenvalue weighted by molar-refractivity contribution is 5.75. The van der Waals surface area contributed by atoms with E-state index < -0.39 is 0 Å². The van der Waals surface area contributed by atoms with Crippen molar-refractivity contribution in [1.82, 2.24) is 5.32 Å². The van der Waals surface area contributed by atoms with E-state index in [2.05, 4.69) is 5.32 Å². The minimum atomic E-state index is -0.0520. The Morgan fingerprint density at radius 2 is 1.83 bits per heavy atom. The van der Waals surface area contributed by atoms with Gasteiger partial charge in [0.15, 0.2) is 0 Å². The van der Waals surface area contributed by atoms with Gasteiger partial charge in [0.2, 0.25) is 5.91 Å². The van der Waals surface area contributed by atoms with Gasteiger partial charge in [-0.1, -0.05) is 30.4 Å². The number of rotatable bonds is 1. The third kappa shape index (κ3) is 3.01. The van der Waals surface area contributed by atoms with Gasteiger partial charge in [-0.3, -0.25) is 4.79 Å². The lowest BCUT2D eigenvalue weighted by molar-refractivity contribution is -0.118. The Bertz CT molecular complexity index is 282. The lowest BCUT2D eigenvalue weighted by Crippen LogP contribution is -2.17. The van der Waals surface area contributed by atoms with Crippen LogP contribution in [-0.4, -0.2) is 5.91 Å². The zero-order chi connectivity index (χ0) is 8.81. The van der Waals surface area contributed by atoms with Crippen molar-refractivity contribution in [3.05, 3.63) is 48.2 Å². The molecular weight excluding hydrogens is 150 g/mol.